The van der Waals surface area contributed by atoms with Gasteiger partial charge in [0.25, 0.3) is 12.3 Å². The van der Waals surface area contributed by atoms with Gasteiger partial charge in [0.15, 0.2) is 5.75 Å². The van der Waals surface area contributed by atoms with E-state index in [0.29, 0.717) is 0 Å². The van der Waals surface area contributed by atoms with Crippen LogP contribution in [0.25, 0.3) is 0 Å². The first-order chi connectivity index (χ1) is 15.4. The second kappa shape index (κ2) is 11.5. The average Bonchev–Trinajstić information content (AvgIpc) is 2.67. The number of nitrogens with one attached hydrogen (secondary N) is 1. The number of halogens is 7. The van der Waals surface area contributed by atoms with Gasteiger partial charge >= 0.3 is 12.8 Å². The molecule has 1 heterocycles. The summed E-state index contributed by atoms with van der Waals surface area (Å²) >= 11 is 0. The summed E-state index contributed by atoms with van der Waals surface area (Å²) in [5, 5.41) is 2.16. The second-order valence-corrected chi connectivity index (χ2v) is 6.84. The van der Waals surface area contributed by atoms with Crippen molar-refractivity contribution in [3.63, 3.8) is 0 Å². The number of benzene rings is 1. The molecule has 0 bridgehead atoms. The standard InChI is InChI=1S/C18H21F7N4O4/c19-14(20)7-28(9-18(23,24)25)12(6-26)16(31)27-10-1-2-11(13(5-10)33-17(21)22)29-3-4-32-8-15(29)30/h1-2,5,12,14,17H,3-4,6-9,26H2,(H,27,31)/t12-/m1/s1. The van der Waals surface area contributed by atoms with Gasteiger partial charge in [-0.25, -0.2) is 8.78 Å². The van der Waals surface area contributed by atoms with Crippen LogP contribution in [0.3, 0.4) is 0 Å². The number of hydrogen-bond acceptors (Lipinski definition) is 6. The molecule has 0 saturated carbocycles. The fraction of sp³-hybridized carbons (Fsp3) is 0.556. The largest absolute Gasteiger partial charge is 0.433 e. The van der Waals surface area contributed by atoms with Crippen LogP contribution in [0.5, 0.6) is 5.75 Å². The quantitative estimate of drug-likeness (QED) is 0.488. The van der Waals surface area contributed by atoms with Crippen molar-refractivity contribution in [2.75, 3.05) is 49.6 Å². The molecule has 1 aliphatic heterocycles. The predicted octanol–water partition coefficient (Wildman–Crippen LogP) is 2.05. The Bertz CT molecular complexity index is 825. The van der Waals surface area contributed by atoms with Gasteiger partial charge in [-0.15, -0.1) is 0 Å². The van der Waals surface area contributed by atoms with Crippen LogP contribution in [0.1, 0.15) is 0 Å². The zero-order chi connectivity index (χ0) is 24.8. The van der Waals surface area contributed by atoms with E-state index in [2.05, 4.69) is 10.1 Å². The number of hydrogen-bond donors (Lipinski definition) is 2. The van der Waals surface area contributed by atoms with Crippen LogP contribution in [-0.4, -0.2) is 81.4 Å². The molecule has 1 saturated heterocycles. The Morgan fingerprint density at radius 2 is 1.97 bits per heavy atom. The Morgan fingerprint density at radius 1 is 1.27 bits per heavy atom. The van der Waals surface area contributed by atoms with E-state index in [4.69, 9.17) is 10.5 Å². The molecule has 15 heteroatoms. The number of carbonyl (C=O) groups excluding carboxylic acids is 2. The highest BCUT2D eigenvalue weighted by Gasteiger charge is 2.37. The molecular weight excluding hydrogens is 469 g/mol. The van der Waals surface area contributed by atoms with Crippen LogP contribution in [0.4, 0.5) is 42.1 Å². The molecule has 0 spiro atoms. The Balaban J connectivity index is 2.27. The van der Waals surface area contributed by atoms with E-state index >= 15 is 0 Å². The normalized spacial score (nSPS) is 16.0. The van der Waals surface area contributed by atoms with E-state index in [1.807, 2.05) is 0 Å². The van der Waals surface area contributed by atoms with Crippen molar-refractivity contribution in [3.8, 4) is 5.75 Å². The van der Waals surface area contributed by atoms with Gasteiger partial charge in [0, 0.05) is 24.8 Å². The highest BCUT2D eigenvalue weighted by molar-refractivity contribution is 5.98. The molecule has 0 radical (unpaired) electrons. The van der Waals surface area contributed by atoms with E-state index in [9.17, 15) is 40.3 Å². The van der Waals surface area contributed by atoms with Crippen molar-refractivity contribution in [1.29, 1.82) is 0 Å². The van der Waals surface area contributed by atoms with E-state index in [1.54, 1.807) is 0 Å². The molecule has 1 aromatic rings. The molecule has 0 aromatic heterocycles. The summed E-state index contributed by atoms with van der Waals surface area (Å²) in [6, 6.07) is 1.50. The number of rotatable bonds is 10. The molecule has 33 heavy (non-hydrogen) atoms. The predicted molar refractivity (Wildman–Crippen MR) is 101 cm³/mol. The zero-order valence-electron chi connectivity index (χ0n) is 17.0. The fourth-order valence-electron chi connectivity index (χ4n) is 3.14. The van der Waals surface area contributed by atoms with E-state index in [0.717, 1.165) is 11.0 Å². The minimum Gasteiger partial charge on any atom is -0.433 e. The number of alkyl halides is 7. The lowest BCUT2D eigenvalue weighted by atomic mass is 10.2. The van der Waals surface area contributed by atoms with E-state index in [-0.39, 0.29) is 36.0 Å². The first-order valence-corrected chi connectivity index (χ1v) is 9.48. The summed E-state index contributed by atoms with van der Waals surface area (Å²) in [5.74, 6) is -2.20. The first kappa shape index (κ1) is 26.6. The van der Waals surface area contributed by atoms with Crippen LogP contribution in [0, 0.1) is 0 Å². The van der Waals surface area contributed by atoms with Gasteiger partial charge in [0.05, 0.1) is 25.4 Å². The second-order valence-electron chi connectivity index (χ2n) is 6.84. The van der Waals surface area contributed by atoms with Gasteiger partial charge in [0.1, 0.15) is 12.6 Å². The van der Waals surface area contributed by atoms with Crippen molar-refractivity contribution < 1.29 is 49.8 Å². The van der Waals surface area contributed by atoms with Gasteiger partial charge < -0.3 is 25.4 Å². The van der Waals surface area contributed by atoms with Gasteiger partial charge in [-0.1, -0.05) is 0 Å². The molecule has 2 rings (SSSR count). The molecular formula is C18H21F7N4O4. The van der Waals surface area contributed by atoms with Crippen LogP contribution < -0.4 is 20.7 Å². The topological polar surface area (TPSA) is 97.1 Å². The van der Waals surface area contributed by atoms with Crippen LogP contribution in [0.2, 0.25) is 0 Å². The van der Waals surface area contributed by atoms with Gasteiger partial charge in [-0.3, -0.25) is 14.5 Å². The zero-order valence-corrected chi connectivity index (χ0v) is 17.0. The lowest BCUT2D eigenvalue weighted by molar-refractivity contribution is -0.157. The number of nitrogens with zero attached hydrogens (tertiary/aromatic N) is 2. The molecule has 186 valence electrons. The SMILES string of the molecule is NC[C@H](C(=O)Nc1ccc(N2CCOCC2=O)c(OC(F)F)c1)N(CC(F)F)CC(F)(F)F. The minimum absolute atomic E-state index is 0.0411. The molecule has 3 N–H and O–H groups in total. The first-order valence-electron chi connectivity index (χ1n) is 9.48. The smallest absolute Gasteiger partial charge is 0.401 e. The summed E-state index contributed by atoms with van der Waals surface area (Å²) < 4.78 is 99.0. The number of anilines is 2. The lowest BCUT2D eigenvalue weighted by Gasteiger charge is -2.30. The highest BCUT2D eigenvalue weighted by atomic mass is 19.4. The Kier molecular flexibility index (Phi) is 9.25. The Labute approximate surface area is 183 Å². The van der Waals surface area contributed by atoms with Gasteiger partial charge in [-0.2, -0.15) is 22.0 Å². The fourth-order valence-corrected chi connectivity index (χ4v) is 3.14. The highest BCUT2D eigenvalue weighted by Crippen LogP contribution is 2.34. The molecule has 1 fully saturated rings. The number of amides is 2. The molecule has 1 atom stereocenters. The molecule has 0 aliphatic carbocycles. The van der Waals surface area contributed by atoms with Crippen LogP contribution in [0.15, 0.2) is 18.2 Å². The van der Waals surface area contributed by atoms with Crippen molar-refractivity contribution in [2.24, 2.45) is 5.73 Å². The van der Waals surface area contributed by atoms with Crippen LogP contribution in [-0.2, 0) is 14.3 Å². The third kappa shape index (κ3) is 8.01. The van der Waals surface area contributed by atoms with E-state index in [1.165, 1.54) is 12.1 Å². The van der Waals surface area contributed by atoms with Crippen molar-refractivity contribution in [2.45, 2.75) is 25.3 Å². The summed E-state index contributed by atoms with van der Waals surface area (Å²) in [6.07, 6.45) is -8.06. The van der Waals surface area contributed by atoms with Crippen molar-refractivity contribution >= 4 is 23.2 Å². The number of morpholine rings is 1. The Morgan fingerprint density at radius 3 is 2.52 bits per heavy atom. The van der Waals surface area contributed by atoms with Crippen LogP contribution >= 0.6 is 0 Å². The molecule has 0 unspecified atom stereocenters. The van der Waals surface area contributed by atoms with Crippen molar-refractivity contribution in [1.82, 2.24) is 4.90 Å². The van der Waals surface area contributed by atoms with E-state index < -0.39 is 62.5 Å². The van der Waals surface area contributed by atoms with Gasteiger partial charge in [-0.05, 0) is 12.1 Å². The summed E-state index contributed by atoms with van der Waals surface area (Å²) in [6.45, 7) is -7.32. The summed E-state index contributed by atoms with van der Waals surface area (Å²) in [4.78, 5) is 25.8. The van der Waals surface area contributed by atoms with Gasteiger partial charge in [0.2, 0.25) is 5.91 Å². The third-order valence-corrected chi connectivity index (χ3v) is 4.44. The maximum absolute atomic E-state index is 12.9. The number of carbonyl (C=O) groups is 2. The summed E-state index contributed by atoms with van der Waals surface area (Å²) in [5.41, 5.74) is 5.12. The summed E-state index contributed by atoms with van der Waals surface area (Å²) in [7, 11) is 0. The van der Waals surface area contributed by atoms with Crippen molar-refractivity contribution in [3.05, 3.63) is 18.2 Å². The third-order valence-electron chi connectivity index (χ3n) is 4.44. The maximum atomic E-state index is 12.9. The Hall–Kier alpha value is -2.65. The molecule has 2 amide bonds. The number of ether oxygens (including phenoxy) is 2. The molecule has 1 aliphatic rings. The monoisotopic (exact) mass is 490 g/mol. The number of nitrogens with two attached hydrogens (primary N) is 1. The maximum Gasteiger partial charge on any atom is 0.401 e. The molecule has 1 aromatic carbocycles. The minimum atomic E-state index is -4.88. The average molecular weight is 490 g/mol. The molecule has 8 nitrogen and oxygen atoms in total. The lowest BCUT2D eigenvalue weighted by Crippen LogP contribution is -2.53.